The molecule has 1 amide bonds. The third-order valence-corrected chi connectivity index (χ3v) is 5.50. The highest BCUT2D eigenvalue weighted by atomic mass is 127. The standard InChI is InChI=1S/C25H21IN2O6/c1-15-9-19(26)10-16(2)24(15)31-13-23(29)28-27-12-17-3-6-20(7-4-17)34-25(30)18-5-8-21-22(11-18)33-14-32-21/h3-12H,13-14H2,1-2H3,(H,28,29)/b27-12+. The third kappa shape index (κ3) is 5.84. The van der Waals surface area contributed by atoms with E-state index in [1.165, 1.54) is 6.21 Å². The number of carbonyl (C=O) groups is 2. The number of hydrazone groups is 1. The summed E-state index contributed by atoms with van der Waals surface area (Å²) in [6, 6.07) is 15.6. The normalized spacial score (nSPS) is 12.0. The minimum atomic E-state index is -0.509. The number of hydrogen-bond acceptors (Lipinski definition) is 7. The molecule has 34 heavy (non-hydrogen) atoms. The molecule has 4 rings (SSSR count). The fourth-order valence-electron chi connectivity index (χ4n) is 3.29. The van der Waals surface area contributed by atoms with Crippen LogP contribution in [0.15, 0.2) is 59.7 Å². The Hall–Kier alpha value is -3.60. The van der Waals surface area contributed by atoms with Crippen LogP contribution in [0.2, 0.25) is 0 Å². The molecule has 0 aliphatic carbocycles. The first-order chi connectivity index (χ1) is 16.4. The molecule has 0 fully saturated rings. The van der Waals surface area contributed by atoms with E-state index in [1.54, 1.807) is 42.5 Å². The minimum absolute atomic E-state index is 0.135. The van der Waals surface area contributed by atoms with E-state index in [9.17, 15) is 9.59 Å². The number of halogens is 1. The van der Waals surface area contributed by atoms with Crippen molar-refractivity contribution in [1.29, 1.82) is 0 Å². The molecule has 174 valence electrons. The van der Waals surface area contributed by atoms with E-state index in [1.807, 2.05) is 26.0 Å². The van der Waals surface area contributed by atoms with Crippen LogP contribution >= 0.6 is 22.6 Å². The molecule has 1 N–H and O–H groups in total. The van der Waals surface area contributed by atoms with Crippen molar-refractivity contribution in [3.05, 3.63) is 80.4 Å². The Bertz CT molecular complexity index is 1230. The highest BCUT2D eigenvalue weighted by molar-refractivity contribution is 14.1. The lowest BCUT2D eigenvalue weighted by Crippen LogP contribution is -2.25. The molecule has 1 heterocycles. The van der Waals surface area contributed by atoms with Crippen LogP contribution in [0.1, 0.15) is 27.0 Å². The summed E-state index contributed by atoms with van der Waals surface area (Å²) in [5.41, 5.74) is 5.45. The van der Waals surface area contributed by atoms with Gasteiger partial charge in [-0.05, 0) is 108 Å². The lowest BCUT2D eigenvalue weighted by Gasteiger charge is -2.11. The average molecular weight is 572 g/mol. The van der Waals surface area contributed by atoms with Gasteiger partial charge in [0.15, 0.2) is 18.1 Å². The van der Waals surface area contributed by atoms with Gasteiger partial charge in [0.1, 0.15) is 11.5 Å². The van der Waals surface area contributed by atoms with Crippen molar-refractivity contribution in [1.82, 2.24) is 5.43 Å². The second kappa shape index (κ2) is 10.6. The van der Waals surface area contributed by atoms with E-state index in [-0.39, 0.29) is 19.3 Å². The molecule has 1 aliphatic heterocycles. The van der Waals surface area contributed by atoms with Crippen LogP contribution in [-0.2, 0) is 4.79 Å². The molecule has 0 bridgehead atoms. The van der Waals surface area contributed by atoms with E-state index >= 15 is 0 Å². The summed E-state index contributed by atoms with van der Waals surface area (Å²) in [5, 5.41) is 3.94. The minimum Gasteiger partial charge on any atom is -0.483 e. The van der Waals surface area contributed by atoms with Crippen molar-refractivity contribution in [2.24, 2.45) is 5.10 Å². The molecule has 0 atom stereocenters. The summed E-state index contributed by atoms with van der Waals surface area (Å²) in [4.78, 5) is 24.4. The highest BCUT2D eigenvalue weighted by Gasteiger charge is 2.17. The van der Waals surface area contributed by atoms with Crippen LogP contribution in [0.5, 0.6) is 23.0 Å². The van der Waals surface area contributed by atoms with E-state index in [4.69, 9.17) is 18.9 Å². The number of fused-ring (bicyclic) bond motifs is 1. The van der Waals surface area contributed by atoms with Gasteiger partial charge in [0.2, 0.25) is 6.79 Å². The monoisotopic (exact) mass is 572 g/mol. The number of nitrogens with one attached hydrogen (secondary N) is 1. The first-order valence-electron chi connectivity index (χ1n) is 10.3. The highest BCUT2D eigenvalue weighted by Crippen LogP contribution is 2.32. The van der Waals surface area contributed by atoms with Crippen molar-refractivity contribution in [2.75, 3.05) is 13.4 Å². The maximum atomic E-state index is 12.4. The van der Waals surface area contributed by atoms with Gasteiger partial charge in [0, 0.05) is 3.57 Å². The van der Waals surface area contributed by atoms with E-state index in [0.29, 0.717) is 34.1 Å². The second-order valence-electron chi connectivity index (χ2n) is 7.48. The largest absolute Gasteiger partial charge is 0.483 e. The van der Waals surface area contributed by atoms with Gasteiger partial charge < -0.3 is 18.9 Å². The Morgan fingerprint density at radius 2 is 1.74 bits per heavy atom. The second-order valence-corrected chi connectivity index (χ2v) is 8.72. The predicted octanol–water partition coefficient (Wildman–Crippen LogP) is 4.39. The van der Waals surface area contributed by atoms with Gasteiger partial charge in [-0.3, -0.25) is 4.79 Å². The van der Waals surface area contributed by atoms with Crippen LogP contribution in [0.3, 0.4) is 0 Å². The Labute approximate surface area is 210 Å². The van der Waals surface area contributed by atoms with Crippen LogP contribution in [-0.4, -0.2) is 31.5 Å². The Morgan fingerprint density at radius 1 is 1.03 bits per heavy atom. The molecule has 0 radical (unpaired) electrons. The SMILES string of the molecule is Cc1cc(I)cc(C)c1OCC(=O)N/N=C/c1ccc(OC(=O)c2ccc3c(c2)OCO3)cc1. The van der Waals surface area contributed by atoms with E-state index < -0.39 is 5.97 Å². The van der Waals surface area contributed by atoms with Gasteiger partial charge in [-0.1, -0.05) is 0 Å². The molecule has 0 spiro atoms. The number of esters is 1. The summed E-state index contributed by atoms with van der Waals surface area (Å²) < 4.78 is 22.7. The number of carbonyl (C=O) groups excluding carboxylic acids is 2. The van der Waals surface area contributed by atoms with Crippen molar-refractivity contribution >= 4 is 40.7 Å². The Balaban J connectivity index is 1.26. The quantitative estimate of drug-likeness (QED) is 0.149. The first kappa shape index (κ1) is 23.6. The Kier molecular flexibility index (Phi) is 7.31. The number of nitrogens with zero attached hydrogens (tertiary/aromatic N) is 1. The lowest BCUT2D eigenvalue weighted by molar-refractivity contribution is -0.123. The van der Waals surface area contributed by atoms with Gasteiger partial charge in [-0.15, -0.1) is 0 Å². The maximum absolute atomic E-state index is 12.4. The molecule has 0 aromatic heterocycles. The summed E-state index contributed by atoms with van der Waals surface area (Å²) in [5.74, 6) is 1.30. The van der Waals surface area contributed by atoms with E-state index in [2.05, 4.69) is 33.1 Å². The van der Waals surface area contributed by atoms with Gasteiger partial charge in [0.25, 0.3) is 5.91 Å². The lowest BCUT2D eigenvalue weighted by atomic mass is 10.1. The first-order valence-corrected chi connectivity index (χ1v) is 11.4. The number of benzene rings is 3. The fraction of sp³-hybridized carbons (Fsp3) is 0.160. The number of rotatable bonds is 7. The smallest absolute Gasteiger partial charge is 0.343 e. The number of amides is 1. The Morgan fingerprint density at radius 3 is 2.47 bits per heavy atom. The molecule has 3 aromatic carbocycles. The molecule has 8 nitrogen and oxygen atoms in total. The maximum Gasteiger partial charge on any atom is 0.343 e. The van der Waals surface area contributed by atoms with Crippen molar-refractivity contribution in [3.63, 3.8) is 0 Å². The number of aryl methyl sites for hydroxylation is 2. The molecule has 0 saturated carbocycles. The average Bonchev–Trinajstić information content (AvgIpc) is 3.27. The van der Waals surface area contributed by atoms with Crippen LogP contribution in [0, 0.1) is 17.4 Å². The molecule has 0 saturated heterocycles. The molecule has 9 heteroatoms. The van der Waals surface area contributed by atoms with Crippen molar-refractivity contribution in [2.45, 2.75) is 13.8 Å². The van der Waals surface area contributed by atoms with Gasteiger partial charge in [-0.2, -0.15) is 5.10 Å². The molecular formula is C25H21IN2O6. The molecule has 0 unspecified atom stereocenters. The number of ether oxygens (including phenoxy) is 4. The zero-order valence-electron chi connectivity index (χ0n) is 18.5. The van der Waals surface area contributed by atoms with Crippen molar-refractivity contribution < 1.29 is 28.5 Å². The zero-order valence-corrected chi connectivity index (χ0v) is 20.6. The fourth-order valence-corrected chi connectivity index (χ4v) is 4.22. The zero-order chi connectivity index (χ0) is 24.1. The van der Waals surface area contributed by atoms with Crippen LogP contribution in [0.4, 0.5) is 0 Å². The van der Waals surface area contributed by atoms with Gasteiger partial charge in [0.05, 0.1) is 11.8 Å². The number of hydrogen-bond donors (Lipinski definition) is 1. The molecule has 3 aromatic rings. The summed E-state index contributed by atoms with van der Waals surface area (Å²) in [7, 11) is 0. The van der Waals surface area contributed by atoms with Crippen LogP contribution in [0.25, 0.3) is 0 Å². The summed E-state index contributed by atoms with van der Waals surface area (Å²) in [6.45, 7) is 3.87. The van der Waals surface area contributed by atoms with Crippen molar-refractivity contribution in [3.8, 4) is 23.0 Å². The third-order valence-electron chi connectivity index (χ3n) is 4.87. The summed E-state index contributed by atoms with van der Waals surface area (Å²) in [6.07, 6.45) is 1.49. The topological polar surface area (TPSA) is 95.5 Å². The predicted molar refractivity (Wildman–Crippen MR) is 134 cm³/mol. The van der Waals surface area contributed by atoms with E-state index in [0.717, 1.165) is 14.7 Å². The molecule has 1 aliphatic rings. The van der Waals surface area contributed by atoms with Gasteiger partial charge in [-0.25, -0.2) is 10.2 Å². The van der Waals surface area contributed by atoms with Gasteiger partial charge >= 0.3 is 5.97 Å². The van der Waals surface area contributed by atoms with Crippen LogP contribution < -0.4 is 24.4 Å². The summed E-state index contributed by atoms with van der Waals surface area (Å²) >= 11 is 2.24. The molecular weight excluding hydrogens is 551 g/mol.